The van der Waals surface area contributed by atoms with Gasteiger partial charge in [0.15, 0.2) is 11.5 Å². The Morgan fingerprint density at radius 1 is 1.27 bits per heavy atom. The zero-order valence-corrected chi connectivity index (χ0v) is 20.1. The van der Waals surface area contributed by atoms with Crippen LogP contribution in [0.15, 0.2) is 41.3 Å². The molecule has 0 saturated carbocycles. The number of hydrogen-bond acceptors (Lipinski definition) is 6. The summed E-state index contributed by atoms with van der Waals surface area (Å²) in [6.45, 7) is 2.98. The van der Waals surface area contributed by atoms with Crippen LogP contribution in [0.2, 0.25) is 5.02 Å². The third kappa shape index (κ3) is 5.58. The molecule has 8 nitrogen and oxygen atoms in total. The van der Waals surface area contributed by atoms with Gasteiger partial charge in [0.05, 0.1) is 29.2 Å². The minimum atomic E-state index is -3.79. The molecule has 2 aromatic rings. The van der Waals surface area contributed by atoms with Crippen molar-refractivity contribution in [3.63, 3.8) is 0 Å². The van der Waals surface area contributed by atoms with Crippen LogP contribution in [-0.2, 0) is 21.4 Å². The van der Waals surface area contributed by atoms with Gasteiger partial charge in [0.2, 0.25) is 15.9 Å². The summed E-state index contributed by atoms with van der Waals surface area (Å²) in [5, 5.41) is 12.5. The first-order chi connectivity index (χ1) is 15.8. The maximum atomic E-state index is 13.0. The van der Waals surface area contributed by atoms with Crippen LogP contribution in [0, 0.1) is 17.2 Å². The molecule has 176 valence electrons. The van der Waals surface area contributed by atoms with Gasteiger partial charge in [-0.2, -0.15) is 9.57 Å². The normalized spacial score (nSPS) is 15.0. The lowest BCUT2D eigenvalue weighted by molar-refractivity contribution is -0.126. The van der Waals surface area contributed by atoms with Crippen LogP contribution >= 0.6 is 11.6 Å². The van der Waals surface area contributed by atoms with Crippen LogP contribution < -0.4 is 14.8 Å². The summed E-state index contributed by atoms with van der Waals surface area (Å²) in [5.41, 5.74) is 0.878. The van der Waals surface area contributed by atoms with Crippen LogP contribution in [0.25, 0.3) is 0 Å². The van der Waals surface area contributed by atoms with Gasteiger partial charge < -0.3 is 14.8 Å². The second kappa shape index (κ2) is 10.9. The molecular weight excluding hydrogens is 466 g/mol. The van der Waals surface area contributed by atoms with Gasteiger partial charge in [-0.05, 0) is 49.6 Å². The summed E-state index contributed by atoms with van der Waals surface area (Å²) in [4.78, 5) is 12.7. The first-order valence-corrected chi connectivity index (χ1v) is 12.4. The van der Waals surface area contributed by atoms with E-state index in [9.17, 15) is 18.5 Å². The molecule has 10 heteroatoms. The maximum absolute atomic E-state index is 13.0. The molecule has 0 radical (unpaired) electrons. The van der Waals surface area contributed by atoms with Crippen molar-refractivity contribution in [1.29, 1.82) is 5.26 Å². The number of nitriles is 1. The number of hydrogen-bond donors (Lipinski definition) is 1. The van der Waals surface area contributed by atoms with Crippen molar-refractivity contribution in [2.75, 3.05) is 26.8 Å². The van der Waals surface area contributed by atoms with Crippen molar-refractivity contribution in [1.82, 2.24) is 9.62 Å². The quantitative estimate of drug-likeness (QED) is 0.606. The van der Waals surface area contributed by atoms with Crippen LogP contribution in [0.4, 0.5) is 0 Å². The highest BCUT2D eigenvalue weighted by atomic mass is 35.5. The van der Waals surface area contributed by atoms with Gasteiger partial charge in [0.25, 0.3) is 0 Å². The number of nitrogens with one attached hydrogen (secondary N) is 1. The van der Waals surface area contributed by atoms with Crippen molar-refractivity contribution < 1.29 is 22.7 Å². The molecular formula is C23H26ClN3O5S. The molecule has 2 aromatic carbocycles. The van der Waals surface area contributed by atoms with Gasteiger partial charge >= 0.3 is 0 Å². The van der Waals surface area contributed by atoms with E-state index in [1.165, 1.54) is 23.5 Å². The molecule has 3 rings (SSSR count). The second-order valence-corrected chi connectivity index (χ2v) is 9.86. The Labute approximate surface area is 199 Å². The number of nitrogens with zero attached hydrogens (tertiary/aromatic N) is 2. The summed E-state index contributed by atoms with van der Waals surface area (Å²) in [6.07, 6.45) is 0.792. The van der Waals surface area contributed by atoms with Gasteiger partial charge in [-0.25, -0.2) is 8.42 Å². The van der Waals surface area contributed by atoms with E-state index in [1.54, 1.807) is 24.3 Å². The monoisotopic (exact) mass is 491 g/mol. The highest BCUT2D eigenvalue weighted by molar-refractivity contribution is 7.89. The molecule has 1 aliphatic rings. The first kappa shape index (κ1) is 24.8. The minimum Gasteiger partial charge on any atom is -0.493 e. The van der Waals surface area contributed by atoms with E-state index in [2.05, 4.69) is 5.32 Å². The van der Waals surface area contributed by atoms with E-state index in [4.69, 9.17) is 21.1 Å². The molecule has 0 aromatic heterocycles. The smallest absolute Gasteiger partial charge is 0.244 e. The van der Waals surface area contributed by atoms with E-state index in [0.717, 1.165) is 5.56 Å². The standard InChI is InChI=1S/C23H26ClN3O5S/c1-3-32-22-19(24)12-16(13-20(22)31-2)15-26-23(28)17-8-10-27(11-9-17)33(29,30)21-7-5-4-6-18(21)14-25/h4-7,12-13,17H,3,8-11,15H2,1-2H3,(H,26,28). The zero-order chi connectivity index (χ0) is 24.0. The Hall–Kier alpha value is -2.80. The third-order valence-corrected chi connectivity index (χ3v) is 7.73. The Bertz CT molecular complexity index is 1160. The summed E-state index contributed by atoms with van der Waals surface area (Å²) in [5.74, 6) is 0.504. The lowest BCUT2D eigenvalue weighted by atomic mass is 9.97. The van der Waals surface area contributed by atoms with Gasteiger partial charge in [0, 0.05) is 25.6 Å². The highest BCUT2D eigenvalue weighted by Gasteiger charge is 2.33. The summed E-state index contributed by atoms with van der Waals surface area (Å²) < 4.78 is 38.1. The Balaban J connectivity index is 1.60. The van der Waals surface area contributed by atoms with E-state index in [-0.39, 0.29) is 41.9 Å². The number of halogens is 1. The van der Waals surface area contributed by atoms with Gasteiger partial charge in [0.1, 0.15) is 6.07 Å². The number of carbonyl (C=O) groups is 1. The number of amides is 1. The molecule has 0 atom stereocenters. The van der Waals surface area contributed by atoms with Crippen LogP contribution in [0.1, 0.15) is 30.9 Å². The number of sulfonamides is 1. The van der Waals surface area contributed by atoms with Crippen molar-refractivity contribution >= 4 is 27.5 Å². The van der Waals surface area contributed by atoms with Crippen molar-refractivity contribution in [2.45, 2.75) is 31.2 Å². The number of ether oxygens (including phenoxy) is 2. The summed E-state index contributed by atoms with van der Waals surface area (Å²) in [7, 11) is -2.27. The number of piperidine rings is 1. The van der Waals surface area contributed by atoms with Crippen molar-refractivity contribution in [2.24, 2.45) is 5.92 Å². The van der Waals surface area contributed by atoms with Crippen LogP contribution in [-0.4, -0.2) is 45.4 Å². The Morgan fingerprint density at radius 3 is 2.61 bits per heavy atom. The molecule has 1 heterocycles. The Morgan fingerprint density at radius 2 is 1.97 bits per heavy atom. The SMILES string of the molecule is CCOc1c(Cl)cc(CNC(=O)C2CCN(S(=O)(=O)c3ccccc3C#N)CC2)cc1OC. The highest BCUT2D eigenvalue weighted by Crippen LogP contribution is 2.36. The topological polar surface area (TPSA) is 109 Å². The average Bonchev–Trinajstić information content (AvgIpc) is 2.83. The largest absolute Gasteiger partial charge is 0.493 e. The van der Waals surface area contributed by atoms with Crippen LogP contribution in [0.5, 0.6) is 11.5 Å². The molecule has 33 heavy (non-hydrogen) atoms. The fourth-order valence-corrected chi connectivity index (χ4v) is 5.67. The van der Waals surface area contributed by atoms with Gasteiger partial charge in [-0.3, -0.25) is 4.79 Å². The number of benzene rings is 2. The van der Waals surface area contributed by atoms with Gasteiger partial charge in [-0.15, -0.1) is 0 Å². The molecule has 1 N–H and O–H groups in total. The van der Waals surface area contributed by atoms with E-state index in [1.807, 2.05) is 13.0 Å². The van der Waals surface area contributed by atoms with Crippen LogP contribution in [0.3, 0.4) is 0 Å². The summed E-state index contributed by atoms with van der Waals surface area (Å²) >= 11 is 6.29. The molecule has 0 bridgehead atoms. The molecule has 1 fully saturated rings. The summed E-state index contributed by atoms with van der Waals surface area (Å²) in [6, 6.07) is 11.5. The fourth-order valence-electron chi connectivity index (χ4n) is 3.77. The van der Waals surface area contributed by atoms with E-state index in [0.29, 0.717) is 36.0 Å². The minimum absolute atomic E-state index is 0.00303. The number of carbonyl (C=O) groups excluding carboxylic acids is 1. The Kier molecular flexibility index (Phi) is 8.19. The number of methoxy groups -OCH3 is 1. The molecule has 1 saturated heterocycles. The predicted octanol–water partition coefficient (Wildman–Crippen LogP) is 3.34. The average molecular weight is 492 g/mol. The zero-order valence-electron chi connectivity index (χ0n) is 18.5. The molecule has 0 spiro atoms. The molecule has 1 aliphatic heterocycles. The molecule has 0 unspecified atom stereocenters. The van der Waals surface area contributed by atoms with Gasteiger partial charge in [-0.1, -0.05) is 23.7 Å². The third-order valence-electron chi connectivity index (χ3n) is 5.49. The van der Waals surface area contributed by atoms with E-state index >= 15 is 0 Å². The predicted molar refractivity (Wildman–Crippen MR) is 124 cm³/mol. The van der Waals surface area contributed by atoms with Crippen molar-refractivity contribution in [3.8, 4) is 17.6 Å². The van der Waals surface area contributed by atoms with Crippen molar-refractivity contribution in [3.05, 3.63) is 52.5 Å². The lowest BCUT2D eigenvalue weighted by Crippen LogP contribution is -2.43. The lowest BCUT2D eigenvalue weighted by Gasteiger charge is -2.30. The van der Waals surface area contributed by atoms with E-state index < -0.39 is 10.0 Å². The fraction of sp³-hybridized carbons (Fsp3) is 0.391. The first-order valence-electron chi connectivity index (χ1n) is 10.6. The number of rotatable bonds is 8. The molecule has 0 aliphatic carbocycles. The second-order valence-electron chi connectivity index (χ2n) is 7.55. The maximum Gasteiger partial charge on any atom is 0.244 e. The molecule has 1 amide bonds.